The standard InChI is InChI=1S/C14H20O/c1-3-10(2)12-8-7-11-5-4-6-14(15)13(11)9-12/h7-10,14-15H,3-6H2,1-2H3/t10?,14-/m1/s1. The van der Waals surface area contributed by atoms with Crippen LogP contribution in [0, 0.1) is 0 Å². The van der Waals surface area contributed by atoms with E-state index >= 15 is 0 Å². The Bertz CT molecular complexity index is 343. The van der Waals surface area contributed by atoms with Crippen molar-refractivity contribution < 1.29 is 5.11 Å². The van der Waals surface area contributed by atoms with Crippen molar-refractivity contribution >= 4 is 0 Å². The van der Waals surface area contributed by atoms with Gasteiger partial charge in [-0.15, -0.1) is 0 Å². The van der Waals surface area contributed by atoms with Crippen LogP contribution in [0.15, 0.2) is 18.2 Å². The van der Waals surface area contributed by atoms with E-state index in [1.54, 1.807) is 0 Å². The molecule has 15 heavy (non-hydrogen) atoms. The fourth-order valence-electron chi connectivity index (χ4n) is 2.33. The Morgan fingerprint density at radius 1 is 1.47 bits per heavy atom. The van der Waals surface area contributed by atoms with Crippen LogP contribution in [0.2, 0.25) is 0 Å². The summed E-state index contributed by atoms with van der Waals surface area (Å²) in [5.74, 6) is 0.601. The van der Waals surface area contributed by atoms with Crippen LogP contribution in [0.3, 0.4) is 0 Å². The zero-order valence-corrected chi connectivity index (χ0v) is 9.66. The molecule has 2 rings (SSSR count). The average molecular weight is 204 g/mol. The largest absolute Gasteiger partial charge is 0.388 e. The second-order valence-corrected chi connectivity index (χ2v) is 4.68. The first kappa shape index (κ1) is 10.7. The second kappa shape index (κ2) is 4.36. The molecule has 0 heterocycles. The molecule has 1 aliphatic rings. The van der Waals surface area contributed by atoms with E-state index in [1.807, 2.05) is 0 Å². The molecular formula is C14H20O. The topological polar surface area (TPSA) is 20.2 Å². The van der Waals surface area contributed by atoms with Crippen LogP contribution in [0.4, 0.5) is 0 Å². The van der Waals surface area contributed by atoms with Gasteiger partial charge < -0.3 is 5.11 Å². The molecule has 0 aliphatic heterocycles. The van der Waals surface area contributed by atoms with Crippen LogP contribution >= 0.6 is 0 Å². The summed E-state index contributed by atoms with van der Waals surface area (Å²) in [7, 11) is 0. The molecule has 2 atom stereocenters. The summed E-state index contributed by atoms with van der Waals surface area (Å²) in [5.41, 5.74) is 3.90. The summed E-state index contributed by atoms with van der Waals surface area (Å²) in [5, 5.41) is 9.94. The highest BCUT2D eigenvalue weighted by Crippen LogP contribution is 2.32. The molecule has 0 fully saturated rings. The Balaban J connectivity index is 2.35. The molecule has 82 valence electrons. The smallest absolute Gasteiger partial charge is 0.0792 e. The maximum absolute atomic E-state index is 9.94. The van der Waals surface area contributed by atoms with E-state index in [2.05, 4.69) is 32.0 Å². The first-order valence-electron chi connectivity index (χ1n) is 6.03. The molecule has 0 amide bonds. The predicted molar refractivity (Wildman–Crippen MR) is 63.0 cm³/mol. The molecule has 0 radical (unpaired) electrons. The van der Waals surface area contributed by atoms with Gasteiger partial charge in [-0.3, -0.25) is 0 Å². The highest BCUT2D eigenvalue weighted by molar-refractivity contribution is 5.36. The lowest BCUT2D eigenvalue weighted by Gasteiger charge is -2.23. The van der Waals surface area contributed by atoms with E-state index < -0.39 is 0 Å². The molecule has 0 saturated carbocycles. The molecule has 1 N–H and O–H groups in total. The van der Waals surface area contributed by atoms with Crippen LogP contribution in [0.25, 0.3) is 0 Å². The summed E-state index contributed by atoms with van der Waals surface area (Å²) in [4.78, 5) is 0. The van der Waals surface area contributed by atoms with Crippen molar-refractivity contribution in [2.45, 2.75) is 51.6 Å². The Morgan fingerprint density at radius 2 is 2.27 bits per heavy atom. The predicted octanol–water partition coefficient (Wildman–Crippen LogP) is 3.57. The fraction of sp³-hybridized carbons (Fsp3) is 0.571. The minimum atomic E-state index is -0.224. The first-order valence-corrected chi connectivity index (χ1v) is 6.03. The quantitative estimate of drug-likeness (QED) is 0.780. The third kappa shape index (κ3) is 2.07. The van der Waals surface area contributed by atoms with Gasteiger partial charge in [0.15, 0.2) is 0 Å². The molecule has 1 aromatic rings. The van der Waals surface area contributed by atoms with E-state index in [9.17, 15) is 5.11 Å². The fourth-order valence-corrected chi connectivity index (χ4v) is 2.33. The molecule has 0 bridgehead atoms. The molecule has 1 aliphatic carbocycles. The van der Waals surface area contributed by atoms with E-state index in [1.165, 1.54) is 16.7 Å². The average Bonchev–Trinajstić information content (AvgIpc) is 2.28. The Morgan fingerprint density at radius 3 is 3.00 bits per heavy atom. The van der Waals surface area contributed by atoms with E-state index in [0.29, 0.717) is 5.92 Å². The summed E-state index contributed by atoms with van der Waals surface area (Å²) >= 11 is 0. The number of aryl methyl sites for hydroxylation is 1. The summed E-state index contributed by atoms with van der Waals surface area (Å²) in [6.07, 6.45) is 4.12. The van der Waals surface area contributed by atoms with E-state index in [-0.39, 0.29) is 6.10 Å². The Labute approximate surface area is 92.1 Å². The van der Waals surface area contributed by atoms with Crippen molar-refractivity contribution in [2.24, 2.45) is 0 Å². The SMILES string of the molecule is CCC(C)c1ccc2c(c1)[C@H](O)CCC2. The molecule has 1 aromatic carbocycles. The zero-order valence-electron chi connectivity index (χ0n) is 9.66. The lowest BCUT2D eigenvalue weighted by atomic mass is 9.86. The summed E-state index contributed by atoms with van der Waals surface area (Å²) in [6.45, 7) is 4.46. The van der Waals surface area contributed by atoms with Gasteiger partial charge in [0.2, 0.25) is 0 Å². The van der Waals surface area contributed by atoms with Gasteiger partial charge in [-0.1, -0.05) is 32.0 Å². The van der Waals surface area contributed by atoms with Crippen LogP contribution in [-0.4, -0.2) is 5.11 Å². The van der Waals surface area contributed by atoms with E-state index in [4.69, 9.17) is 0 Å². The van der Waals surface area contributed by atoms with Crippen molar-refractivity contribution in [1.82, 2.24) is 0 Å². The number of aliphatic hydroxyl groups is 1. The van der Waals surface area contributed by atoms with E-state index in [0.717, 1.165) is 25.7 Å². The number of fused-ring (bicyclic) bond motifs is 1. The minimum Gasteiger partial charge on any atom is -0.388 e. The number of hydrogen-bond donors (Lipinski definition) is 1. The molecule has 0 saturated heterocycles. The molecule has 1 nitrogen and oxygen atoms in total. The number of rotatable bonds is 2. The first-order chi connectivity index (χ1) is 7.22. The van der Waals surface area contributed by atoms with Crippen LogP contribution in [0.5, 0.6) is 0 Å². The number of hydrogen-bond acceptors (Lipinski definition) is 1. The van der Waals surface area contributed by atoms with Gasteiger partial charge in [-0.2, -0.15) is 0 Å². The third-order valence-corrected chi connectivity index (χ3v) is 3.63. The second-order valence-electron chi connectivity index (χ2n) is 4.68. The molecule has 0 spiro atoms. The van der Waals surface area contributed by atoms with Crippen LogP contribution in [0.1, 0.15) is 61.8 Å². The molecule has 1 heteroatoms. The normalized spacial score (nSPS) is 22.2. The van der Waals surface area contributed by atoms with Crippen LogP contribution in [-0.2, 0) is 6.42 Å². The summed E-state index contributed by atoms with van der Waals surface area (Å²) in [6, 6.07) is 6.65. The van der Waals surface area contributed by atoms with Gasteiger partial charge in [-0.25, -0.2) is 0 Å². The molecule has 1 unspecified atom stereocenters. The van der Waals surface area contributed by atoms with Gasteiger partial charge in [0.1, 0.15) is 0 Å². The highest BCUT2D eigenvalue weighted by Gasteiger charge is 2.18. The zero-order chi connectivity index (χ0) is 10.8. The van der Waals surface area contributed by atoms with Gasteiger partial charge in [0, 0.05) is 0 Å². The van der Waals surface area contributed by atoms with Gasteiger partial charge >= 0.3 is 0 Å². The van der Waals surface area contributed by atoms with Crippen LogP contribution < -0.4 is 0 Å². The lowest BCUT2D eigenvalue weighted by molar-refractivity contribution is 0.156. The Kier molecular flexibility index (Phi) is 3.11. The van der Waals surface area contributed by atoms with Gasteiger partial charge in [0.05, 0.1) is 6.10 Å². The maximum atomic E-state index is 9.94. The lowest BCUT2D eigenvalue weighted by Crippen LogP contribution is -2.10. The monoisotopic (exact) mass is 204 g/mol. The van der Waals surface area contributed by atoms with Gasteiger partial charge in [-0.05, 0) is 48.3 Å². The van der Waals surface area contributed by atoms with Crippen molar-refractivity contribution in [2.75, 3.05) is 0 Å². The number of benzene rings is 1. The molecular weight excluding hydrogens is 184 g/mol. The summed E-state index contributed by atoms with van der Waals surface area (Å²) < 4.78 is 0. The highest BCUT2D eigenvalue weighted by atomic mass is 16.3. The van der Waals surface area contributed by atoms with Crippen molar-refractivity contribution in [3.8, 4) is 0 Å². The van der Waals surface area contributed by atoms with Crippen molar-refractivity contribution in [1.29, 1.82) is 0 Å². The third-order valence-electron chi connectivity index (χ3n) is 3.63. The van der Waals surface area contributed by atoms with Crippen molar-refractivity contribution in [3.05, 3.63) is 34.9 Å². The number of aliphatic hydroxyl groups excluding tert-OH is 1. The maximum Gasteiger partial charge on any atom is 0.0792 e. The van der Waals surface area contributed by atoms with Gasteiger partial charge in [0.25, 0.3) is 0 Å². The van der Waals surface area contributed by atoms with Crippen molar-refractivity contribution in [3.63, 3.8) is 0 Å². The molecule has 0 aromatic heterocycles. The minimum absolute atomic E-state index is 0.224. The Hall–Kier alpha value is -0.820.